The average Bonchev–Trinajstić information content (AvgIpc) is 3.12. The molecule has 0 aliphatic carbocycles. The Morgan fingerprint density at radius 3 is 0.942 bits per heavy atom. The van der Waals surface area contributed by atoms with Crippen molar-refractivity contribution in [2.24, 2.45) is 5.92 Å². The fraction of sp³-hybridized carbons (Fsp3) is 0.935. The first-order valence-electron chi connectivity index (χ1n) is 22.9. The summed E-state index contributed by atoms with van der Waals surface area (Å²) in [5.74, 6) is -0.0403. The van der Waals surface area contributed by atoms with E-state index in [4.69, 9.17) is 14.2 Å². The number of esters is 3. The van der Waals surface area contributed by atoms with Crippen molar-refractivity contribution in [3.05, 3.63) is 0 Å². The zero-order valence-electron chi connectivity index (χ0n) is 35.3. The van der Waals surface area contributed by atoms with Crippen LogP contribution < -0.4 is 0 Å². The van der Waals surface area contributed by atoms with Gasteiger partial charge in [0.15, 0.2) is 6.10 Å². The van der Waals surface area contributed by atoms with Crippen molar-refractivity contribution >= 4 is 17.9 Å². The van der Waals surface area contributed by atoms with E-state index in [1.807, 2.05) is 0 Å². The van der Waals surface area contributed by atoms with Gasteiger partial charge in [-0.05, 0) is 25.2 Å². The largest absolute Gasteiger partial charge is 0.462 e. The van der Waals surface area contributed by atoms with Crippen molar-refractivity contribution in [1.82, 2.24) is 0 Å². The lowest BCUT2D eigenvalue weighted by Gasteiger charge is -2.18. The van der Waals surface area contributed by atoms with Crippen molar-refractivity contribution in [3.8, 4) is 0 Å². The van der Waals surface area contributed by atoms with Crippen molar-refractivity contribution in [3.63, 3.8) is 0 Å². The van der Waals surface area contributed by atoms with E-state index in [2.05, 4.69) is 27.7 Å². The first kappa shape index (κ1) is 50.4. The summed E-state index contributed by atoms with van der Waals surface area (Å²) >= 11 is 0. The number of hydrogen-bond donors (Lipinski definition) is 0. The molecule has 0 bridgehead atoms. The van der Waals surface area contributed by atoms with Crippen molar-refractivity contribution in [2.75, 3.05) is 13.2 Å². The maximum absolute atomic E-state index is 12.7. The molecule has 308 valence electrons. The van der Waals surface area contributed by atoms with E-state index in [-0.39, 0.29) is 31.1 Å². The van der Waals surface area contributed by atoms with Gasteiger partial charge in [0.2, 0.25) is 0 Å². The quantitative estimate of drug-likeness (QED) is 0.0353. The lowest BCUT2D eigenvalue weighted by molar-refractivity contribution is -0.167. The summed E-state index contributed by atoms with van der Waals surface area (Å²) in [5, 5.41) is 0. The van der Waals surface area contributed by atoms with Gasteiger partial charge < -0.3 is 14.2 Å². The molecule has 0 radical (unpaired) electrons. The van der Waals surface area contributed by atoms with Gasteiger partial charge in [0, 0.05) is 19.3 Å². The van der Waals surface area contributed by atoms with E-state index < -0.39 is 6.10 Å². The number of carbonyl (C=O) groups is 3. The Bertz CT molecular complexity index is 781. The summed E-state index contributed by atoms with van der Waals surface area (Å²) in [5.41, 5.74) is 0. The molecule has 0 saturated carbocycles. The fourth-order valence-electron chi connectivity index (χ4n) is 6.80. The summed E-state index contributed by atoms with van der Waals surface area (Å²) in [6, 6.07) is 0. The van der Waals surface area contributed by atoms with E-state index in [9.17, 15) is 14.4 Å². The fourth-order valence-corrected chi connectivity index (χ4v) is 6.80. The lowest BCUT2D eigenvalue weighted by Crippen LogP contribution is -2.30. The van der Waals surface area contributed by atoms with Crippen LogP contribution in [-0.2, 0) is 28.6 Å². The zero-order valence-corrected chi connectivity index (χ0v) is 35.3. The summed E-state index contributed by atoms with van der Waals surface area (Å²) in [4.78, 5) is 37.5. The third-order valence-corrected chi connectivity index (χ3v) is 10.3. The standard InChI is InChI=1S/C46H88O6/c1-5-7-9-11-12-13-14-15-16-17-20-24-27-31-35-39-46(49)52-43(40-50-44(47)37-33-28-10-8-6-2)41-51-45(48)38-34-30-26-23-21-18-19-22-25-29-32-36-42(3)4/h42-43H,5-41H2,1-4H3/t43-/m0/s1. The topological polar surface area (TPSA) is 78.9 Å². The van der Waals surface area contributed by atoms with Gasteiger partial charge in [-0.2, -0.15) is 0 Å². The zero-order chi connectivity index (χ0) is 38.2. The number of carbonyl (C=O) groups excluding carboxylic acids is 3. The molecule has 0 saturated heterocycles. The third-order valence-electron chi connectivity index (χ3n) is 10.3. The normalized spacial score (nSPS) is 11.9. The van der Waals surface area contributed by atoms with E-state index in [1.165, 1.54) is 141 Å². The monoisotopic (exact) mass is 737 g/mol. The second-order valence-electron chi connectivity index (χ2n) is 16.2. The Balaban J connectivity index is 4.18. The second-order valence-corrected chi connectivity index (χ2v) is 16.2. The van der Waals surface area contributed by atoms with Crippen LogP contribution in [0.15, 0.2) is 0 Å². The Kier molecular flexibility index (Phi) is 39.4. The highest BCUT2D eigenvalue weighted by Gasteiger charge is 2.19. The first-order valence-corrected chi connectivity index (χ1v) is 22.9. The summed E-state index contributed by atoms with van der Waals surface area (Å²) in [6.45, 7) is 8.92. The van der Waals surface area contributed by atoms with Crippen LogP contribution in [0.5, 0.6) is 0 Å². The van der Waals surface area contributed by atoms with Crippen LogP contribution >= 0.6 is 0 Å². The first-order chi connectivity index (χ1) is 25.4. The smallest absolute Gasteiger partial charge is 0.306 e. The molecule has 6 nitrogen and oxygen atoms in total. The Morgan fingerprint density at radius 1 is 0.365 bits per heavy atom. The summed E-state index contributed by atoms with van der Waals surface area (Å²) in [7, 11) is 0. The molecule has 0 rings (SSSR count). The van der Waals surface area contributed by atoms with Crippen molar-refractivity contribution < 1.29 is 28.6 Å². The minimum Gasteiger partial charge on any atom is -0.462 e. The molecule has 0 heterocycles. The molecule has 0 aliphatic rings. The summed E-state index contributed by atoms with van der Waals surface area (Å²) < 4.78 is 16.6. The minimum absolute atomic E-state index is 0.0648. The Labute approximate surface area is 323 Å². The molecule has 0 amide bonds. The predicted molar refractivity (Wildman–Crippen MR) is 220 cm³/mol. The molecule has 0 aliphatic heterocycles. The van der Waals surface area contributed by atoms with E-state index in [0.717, 1.165) is 70.1 Å². The van der Waals surface area contributed by atoms with Crippen LogP contribution in [-0.4, -0.2) is 37.2 Å². The number of unbranched alkanes of at least 4 members (excludes halogenated alkanes) is 28. The van der Waals surface area contributed by atoms with E-state index in [0.29, 0.717) is 19.3 Å². The molecule has 0 unspecified atom stereocenters. The predicted octanol–water partition coefficient (Wildman–Crippen LogP) is 14.3. The number of ether oxygens (including phenoxy) is 3. The Morgan fingerprint density at radius 2 is 0.635 bits per heavy atom. The maximum Gasteiger partial charge on any atom is 0.306 e. The lowest BCUT2D eigenvalue weighted by atomic mass is 10.0. The molecular formula is C46H88O6. The van der Waals surface area contributed by atoms with Gasteiger partial charge in [-0.25, -0.2) is 0 Å². The van der Waals surface area contributed by atoms with Gasteiger partial charge in [0.1, 0.15) is 13.2 Å². The molecular weight excluding hydrogens is 648 g/mol. The highest BCUT2D eigenvalue weighted by molar-refractivity contribution is 5.71. The SMILES string of the molecule is CCCCCCCCCCCCCCCCCC(=O)O[C@@H](COC(=O)CCCCCCC)COC(=O)CCCCCCCCCCCCCC(C)C. The van der Waals surface area contributed by atoms with Crippen LogP contribution in [0.2, 0.25) is 0 Å². The molecule has 0 aromatic heterocycles. The number of hydrogen-bond acceptors (Lipinski definition) is 6. The van der Waals surface area contributed by atoms with E-state index >= 15 is 0 Å². The molecule has 0 fully saturated rings. The molecule has 0 spiro atoms. The van der Waals surface area contributed by atoms with Crippen LogP contribution in [0.1, 0.15) is 252 Å². The van der Waals surface area contributed by atoms with Gasteiger partial charge >= 0.3 is 17.9 Å². The van der Waals surface area contributed by atoms with Gasteiger partial charge in [0.25, 0.3) is 0 Å². The maximum atomic E-state index is 12.7. The molecule has 0 aromatic carbocycles. The average molecular weight is 737 g/mol. The highest BCUT2D eigenvalue weighted by Crippen LogP contribution is 2.16. The van der Waals surface area contributed by atoms with Gasteiger partial charge in [-0.15, -0.1) is 0 Å². The number of rotatable bonds is 41. The van der Waals surface area contributed by atoms with E-state index in [1.54, 1.807) is 0 Å². The molecule has 0 aromatic rings. The van der Waals surface area contributed by atoms with Gasteiger partial charge in [0.05, 0.1) is 0 Å². The van der Waals surface area contributed by atoms with Crippen LogP contribution in [0.25, 0.3) is 0 Å². The van der Waals surface area contributed by atoms with Crippen LogP contribution in [0.3, 0.4) is 0 Å². The van der Waals surface area contributed by atoms with Crippen molar-refractivity contribution in [2.45, 2.75) is 259 Å². The van der Waals surface area contributed by atoms with Gasteiger partial charge in [-0.1, -0.05) is 214 Å². The Hall–Kier alpha value is -1.59. The minimum atomic E-state index is -0.757. The van der Waals surface area contributed by atoms with Gasteiger partial charge in [-0.3, -0.25) is 14.4 Å². The second kappa shape index (κ2) is 40.6. The summed E-state index contributed by atoms with van der Waals surface area (Å²) in [6.07, 6.45) is 39.7. The molecule has 52 heavy (non-hydrogen) atoms. The molecule has 6 heteroatoms. The van der Waals surface area contributed by atoms with Crippen molar-refractivity contribution in [1.29, 1.82) is 0 Å². The van der Waals surface area contributed by atoms with Crippen LogP contribution in [0.4, 0.5) is 0 Å². The highest BCUT2D eigenvalue weighted by atomic mass is 16.6. The molecule has 0 N–H and O–H groups in total. The molecule has 1 atom stereocenters. The third kappa shape index (κ3) is 39.6. The van der Waals surface area contributed by atoms with Crippen LogP contribution in [0, 0.1) is 5.92 Å².